The minimum atomic E-state index is -3.20. The molecule has 7 nitrogen and oxygen atoms in total. The lowest BCUT2D eigenvalue weighted by Gasteiger charge is -2.24. The second-order valence-electron chi connectivity index (χ2n) is 9.00. The first-order valence-electron chi connectivity index (χ1n) is 8.24. The molecule has 0 heterocycles. The predicted octanol–water partition coefficient (Wildman–Crippen LogP) is 2.10. The Labute approximate surface area is 155 Å². The molecule has 0 aliphatic heterocycles. The second-order valence-corrected chi connectivity index (χ2v) is 14.0. The Morgan fingerprint density at radius 1 is 0.720 bits per heavy atom. The van der Waals surface area contributed by atoms with Crippen molar-refractivity contribution in [3.8, 4) is 0 Å². The third kappa shape index (κ3) is 11.9. The molecule has 154 valence electrons. The smallest absolute Gasteiger partial charge is 0.216 e. The van der Waals surface area contributed by atoms with Gasteiger partial charge >= 0.3 is 0 Å². The van der Waals surface area contributed by atoms with Crippen molar-refractivity contribution in [2.45, 2.75) is 71.8 Å². The lowest BCUT2D eigenvalue weighted by atomic mass is 9.98. The summed E-state index contributed by atoms with van der Waals surface area (Å²) in [5, 5.41) is 0. The normalized spacial score (nSPS) is 14.0. The van der Waals surface area contributed by atoms with Crippen molar-refractivity contribution in [3.63, 3.8) is 0 Å². The number of ether oxygens (including phenoxy) is 1. The summed E-state index contributed by atoms with van der Waals surface area (Å²) in [5.74, 6) is 0. The molecule has 0 rings (SSSR count). The van der Waals surface area contributed by atoms with Crippen LogP contribution in [-0.2, 0) is 24.8 Å². The van der Waals surface area contributed by atoms with Gasteiger partial charge in [-0.15, -0.1) is 0 Å². The van der Waals surface area contributed by atoms with Crippen LogP contribution in [0.25, 0.3) is 0 Å². The fourth-order valence-electron chi connectivity index (χ4n) is 1.02. The second kappa shape index (κ2) is 9.64. The first-order valence-corrected chi connectivity index (χ1v) is 11.2. The van der Waals surface area contributed by atoms with Gasteiger partial charge in [0.05, 0.1) is 16.1 Å². The molecule has 0 saturated carbocycles. The summed E-state index contributed by atoms with van der Waals surface area (Å²) in [6, 6.07) is 0. The average molecular weight is 403 g/mol. The molecule has 0 radical (unpaired) electrons. The van der Waals surface area contributed by atoms with Crippen molar-refractivity contribution in [1.82, 2.24) is 9.44 Å². The van der Waals surface area contributed by atoms with Crippen LogP contribution in [0, 0.1) is 5.41 Å². The van der Waals surface area contributed by atoms with E-state index < -0.39 is 29.5 Å². The Bertz CT molecular complexity index is 577. The maximum atomic E-state index is 11.6. The average Bonchev–Trinajstić information content (AvgIpc) is 2.34. The maximum Gasteiger partial charge on any atom is 0.216 e. The van der Waals surface area contributed by atoms with Crippen LogP contribution in [-0.4, -0.2) is 53.1 Å². The summed E-state index contributed by atoms with van der Waals surface area (Å²) in [4.78, 5) is 0. The molecular formula is C16H38N2O5S2. The van der Waals surface area contributed by atoms with Crippen LogP contribution in [0.4, 0.5) is 0 Å². The van der Waals surface area contributed by atoms with E-state index in [1.165, 1.54) is 7.11 Å². The van der Waals surface area contributed by atoms with Crippen molar-refractivity contribution < 1.29 is 21.6 Å². The van der Waals surface area contributed by atoms with Crippen molar-refractivity contribution in [3.05, 3.63) is 0 Å². The molecule has 0 aromatic carbocycles. The van der Waals surface area contributed by atoms with Crippen LogP contribution in [0.1, 0.15) is 62.3 Å². The van der Waals surface area contributed by atoms with E-state index in [0.717, 1.165) is 0 Å². The molecule has 0 unspecified atom stereocenters. The molecule has 0 fully saturated rings. The van der Waals surface area contributed by atoms with Crippen molar-refractivity contribution >= 4 is 20.0 Å². The monoisotopic (exact) mass is 402 g/mol. The fourth-order valence-corrected chi connectivity index (χ4v) is 2.86. The predicted molar refractivity (Wildman–Crippen MR) is 105 cm³/mol. The van der Waals surface area contributed by atoms with E-state index in [2.05, 4.69) is 9.44 Å². The van der Waals surface area contributed by atoms with Crippen LogP contribution in [0.3, 0.4) is 0 Å². The SMILES string of the molecule is CC(C)(C)CNS(=O)(=O)C(C)(C)C.COCCNS(=O)(=O)C(C)(C)C. The van der Waals surface area contributed by atoms with E-state index in [0.29, 0.717) is 19.7 Å². The number of methoxy groups -OCH3 is 1. The fraction of sp³-hybridized carbons (Fsp3) is 1.00. The summed E-state index contributed by atoms with van der Waals surface area (Å²) in [6.45, 7) is 17.2. The Morgan fingerprint density at radius 2 is 1.08 bits per heavy atom. The topological polar surface area (TPSA) is 102 Å². The van der Waals surface area contributed by atoms with Gasteiger partial charge < -0.3 is 4.74 Å². The van der Waals surface area contributed by atoms with Gasteiger partial charge in [-0.3, -0.25) is 0 Å². The summed E-state index contributed by atoms with van der Waals surface area (Å²) >= 11 is 0. The van der Waals surface area contributed by atoms with Gasteiger partial charge in [-0.05, 0) is 47.0 Å². The Morgan fingerprint density at radius 3 is 1.36 bits per heavy atom. The molecule has 0 aliphatic carbocycles. The highest BCUT2D eigenvalue weighted by Gasteiger charge is 2.29. The standard InChI is InChI=1S/C9H21NO2S.C7H17NO3S/c1-8(2,3)7-10-13(11,12)9(4,5)6;1-7(2,3)12(9,10)8-5-6-11-4/h10H,7H2,1-6H3;8H,5-6H2,1-4H3. The lowest BCUT2D eigenvalue weighted by Crippen LogP contribution is -2.42. The largest absolute Gasteiger partial charge is 0.383 e. The zero-order valence-corrected chi connectivity index (χ0v) is 19.1. The van der Waals surface area contributed by atoms with Gasteiger partial charge in [0.1, 0.15) is 0 Å². The van der Waals surface area contributed by atoms with Gasteiger partial charge in [0.15, 0.2) is 0 Å². The molecule has 0 aliphatic rings. The van der Waals surface area contributed by atoms with Crippen LogP contribution in [0.5, 0.6) is 0 Å². The van der Waals surface area contributed by atoms with E-state index in [-0.39, 0.29) is 5.41 Å². The van der Waals surface area contributed by atoms with Crippen molar-refractivity contribution in [2.24, 2.45) is 5.41 Å². The van der Waals surface area contributed by atoms with Crippen LogP contribution >= 0.6 is 0 Å². The quantitative estimate of drug-likeness (QED) is 0.663. The summed E-state index contributed by atoms with van der Waals surface area (Å²) in [5.41, 5.74) is -0.0156. The van der Waals surface area contributed by atoms with Crippen LogP contribution in [0.15, 0.2) is 0 Å². The van der Waals surface area contributed by atoms with Crippen molar-refractivity contribution in [1.29, 1.82) is 0 Å². The lowest BCUT2D eigenvalue weighted by molar-refractivity contribution is 0.204. The van der Waals surface area contributed by atoms with Gasteiger partial charge in [0, 0.05) is 20.2 Å². The number of nitrogens with one attached hydrogen (secondary N) is 2. The molecule has 0 atom stereocenters. The molecule has 0 aromatic heterocycles. The number of hydrogen-bond acceptors (Lipinski definition) is 5. The van der Waals surface area contributed by atoms with E-state index in [4.69, 9.17) is 4.74 Å². The Balaban J connectivity index is 0. The molecule has 0 spiro atoms. The van der Waals surface area contributed by atoms with Gasteiger partial charge in [-0.25, -0.2) is 26.3 Å². The first kappa shape index (κ1) is 27.0. The van der Waals surface area contributed by atoms with Crippen molar-refractivity contribution in [2.75, 3.05) is 26.8 Å². The molecule has 2 N–H and O–H groups in total. The Hall–Kier alpha value is -0.220. The number of hydrogen-bond donors (Lipinski definition) is 2. The third-order valence-electron chi connectivity index (χ3n) is 3.00. The minimum Gasteiger partial charge on any atom is -0.383 e. The molecule has 25 heavy (non-hydrogen) atoms. The van der Waals surface area contributed by atoms with Gasteiger partial charge in [0.2, 0.25) is 20.0 Å². The zero-order valence-electron chi connectivity index (χ0n) is 17.5. The highest BCUT2D eigenvalue weighted by atomic mass is 32.2. The van der Waals surface area contributed by atoms with Gasteiger partial charge in [-0.2, -0.15) is 0 Å². The van der Waals surface area contributed by atoms with E-state index in [1.807, 2.05) is 20.8 Å². The highest BCUT2D eigenvalue weighted by Crippen LogP contribution is 2.16. The summed E-state index contributed by atoms with van der Waals surface area (Å²) in [6.07, 6.45) is 0. The van der Waals surface area contributed by atoms with Crippen LogP contribution in [0.2, 0.25) is 0 Å². The molecule has 0 amide bonds. The summed E-state index contributed by atoms with van der Waals surface area (Å²) < 4.78 is 54.2. The van der Waals surface area contributed by atoms with Gasteiger partial charge in [0.25, 0.3) is 0 Å². The molecular weight excluding hydrogens is 364 g/mol. The number of rotatable bonds is 6. The molecule has 0 saturated heterocycles. The highest BCUT2D eigenvalue weighted by molar-refractivity contribution is 7.91. The molecule has 0 aromatic rings. The van der Waals surface area contributed by atoms with E-state index in [1.54, 1.807) is 41.5 Å². The Kier molecular flexibility index (Phi) is 10.4. The van der Waals surface area contributed by atoms with Crippen LogP contribution < -0.4 is 9.44 Å². The summed E-state index contributed by atoms with van der Waals surface area (Å²) in [7, 11) is -4.85. The maximum absolute atomic E-state index is 11.6. The number of sulfonamides is 2. The van der Waals surface area contributed by atoms with E-state index in [9.17, 15) is 16.8 Å². The zero-order chi connectivity index (χ0) is 20.7. The molecule has 9 heteroatoms. The minimum absolute atomic E-state index is 0.0156. The van der Waals surface area contributed by atoms with E-state index >= 15 is 0 Å². The van der Waals surface area contributed by atoms with Gasteiger partial charge in [-0.1, -0.05) is 20.8 Å². The first-order chi connectivity index (χ1) is 10.8. The third-order valence-corrected chi connectivity index (χ3v) is 7.34. The molecule has 0 bridgehead atoms.